The molecule has 84 valence electrons. The highest BCUT2D eigenvalue weighted by atomic mass is 19.4. The molecule has 0 aliphatic rings. The maximum atomic E-state index is 11.8. The average Bonchev–Trinajstić information content (AvgIpc) is 2.15. The molecule has 15 heavy (non-hydrogen) atoms. The monoisotopic (exact) mass is 221 g/mol. The van der Waals surface area contributed by atoms with Crippen molar-refractivity contribution in [2.75, 3.05) is 6.61 Å². The van der Waals surface area contributed by atoms with Gasteiger partial charge in [0.25, 0.3) is 0 Å². The first kappa shape index (κ1) is 11.8. The normalized spacial score (nSPS) is 11.5. The van der Waals surface area contributed by atoms with E-state index < -0.39 is 12.8 Å². The number of alkyl halides is 3. The average molecular weight is 221 g/mol. The summed E-state index contributed by atoms with van der Waals surface area (Å²) < 4.78 is 39.8. The first-order chi connectivity index (χ1) is 6.92. The number of hydrogen-bond acceptors (Lipinski definition) is 3. The summed E-state index contributed by atoms with van der Waals surface area (Å²) in [7, 11) is 0. The van der Waals surface area contributed by atoms with Gasteiger partial charge in [0.15, 0.2) is 6.61 Å². The van der Waals surface area contributed by atoms with Crippen LogP contribution < -0.4 is 4.74 Å². The molecule has 0 aliphatic heterocycles. The molecule has 0 saturated carbocycles. The van der Waals surface area contributed by atoms with Crippen molar-refractivity contribution in [2.24, 2.45) is 0 Å². The number of hydrogen-bond donors (Lipinski definition) is 1. The van der Waals surface area contributed by atoms with Crippen molar-refractivity contribution in [2.45, 2.75) is 19.7 Å². The molecule has 0 fully saturated rings. The Morgan fingerprint density at radius 2 is 2.07 bits per heavy atom. The molecule has 0 amide bonds. The quantitative estimate of drug-likeness (QED) is 0.846. The van der Waals surface area contributed by atoms with Crippen LogP contribution in [0.4, 0.5) is 13.2 Å². The summed E-state index contributed by atoms with van der Waals surface area (Å²) >= 11 is 0. The van der Waals surface area contributed by atoms with Gasteiger partial charge in [-0.1, -0.05) is 6.07 Å². The van der Waals surface area contributed by atoms with E-state index in [-0.39, 0.29) is 12.5 Å². The van der Waals surface area contributed by atoms with E-state index in [0.29, 0.717) is 11.3 Å². The van der Waals surface area contributed by atoms with Gasteiger partial charge in [-0.05, 0) is 12.5 Å². The largest absolute Gasteiger partial charge is 0.468 e. The Morgan fingerprint density at radius 1 is 1.40 bits per heavy atom. The zero-order valence-electron chi connectivity index (χ0n) is 8.01. The molecule has 0 aliphatic carbocycles. The number of aliphatic hydroxyl groups is 1. The Bertz CT molecular complexity index is 339. The molecule has 0 unspecified atom stereocenters. The number of pyridine rings is 1. The molecule has 0 radical (unpaired) electrons. The third-order valence-corrected chi connectivity index (χ3v) is 1.71. The lowest BCUT2D eigenvalue weighted by molar-refractivity contribution is -0.154. The van der Waals surface area contributed by atoms with Gasteiger partial charge in [0.1, 0.15) is 0 Å². The van der Waals surface area contributed by atoms with Crippen LogP contribution in [0.25, 0.3) is 0 Å². The molecule has 1 heterocycles. The third kappa shape index (κ3) is 3.75. The van der Waals surface area contributed by atoms with Crippen LogP contribution in [-0.4, -0.2) is 22.9 Å². The summed E-state index contributed by atoms with van der Waals surface area (Å²) in [5.41, 5.74) is 1.02. The lowest BCUT2D eigenvalue weighted by Crippen LogP contribution is -2.19. The first-order valence-corrected chi connectivity index (χ1v) is 4.19. The fourth-order valence-electron chi connectivity index (χ4n) is 0.947. The molecule has 1 aromatic rings. The fourth-order valence-corrected chi connectivity index (χ4v) is 0.947. The fraction of sp³-hybridized carbons (Fsp3) is 0.444. The lowest BCUT2D eigenvalue weighted by atomic mass is 10.2. The highest BCUT2D eigenvalue weighted by Crippen LogP contribution is 2.18. The van der Waals surface area contributed by atoms with Gasteiger partial charge >= 0.3 is 6.18 Å². The summed E-state index contributed by atoms with van der Waals surface area (Å²) in [4.78, 5) is 3.72. The number of aliphatic hydroxyl groups excluding tert-OH is 1. The van der Waals surface area contributed by atoms with E-state index in [9.17, 15) is 13.2 Å². The van der Waals surface area contributed by atoms with E-state index in [0.717, 1.165) is 0 Å². The van der Waals surface area contributed by atoms with Crippen molar-refractivity contribution in [3.63, 3.8) is 0 Å². The van der Waals surface area contributed by atoms with Crippen molar-refractivity contribution < 1.29 is 23.0 Å². The minimum absolute atomic E-state index is 0.137. The van der Waals surface area contributed by atoms with E-state index >= 15 is 0 Å². The van der Waals surface area contributed by atoms with Gasteiger partial charge in [-0.2, -0.15) is 13.2 Å². The molecular weight excluding hydrogens is 211 g/mol. The Balaban J connectivity index is 2.70. The molecule has 1 N–H and O–H groups in total. The number of halogens is 3. The van der Waals surface area contributed by atoms with Crippen molar-refractivity contribution >= 4 is 0 Å². The van der Waals surface area contributed by atoms with Gasteiger partial charge in [0, 0.05) is 6.07 Å². The van der Waals surface area contributed by atoms with Gasteiger partial charge in [-0.25, -0.2) is 4.98 Å². The van der Waals surface area contributed by atoms with Crippen LogP contribution in [0.2, 0.25) is 0 Å². The van der Waals surface area contributed by atoms with Crippen molar-refractivity contribution in [1.82, 2.24) is 4.98 Å². The Morgan fingerprint density at radius 3 is 2.60 bits per heavy atom. The maximum Gasteiger partial charge on any atom is 0.422 e. The van der Waals surface area contributed by atoms with Crippen LogP contribution in [0.3, 0.4) is 0 Å². The summed E-state index contributed by atoms with van der Waals surface area (Å²) in [5, 5.41) is 8.83. The summed E-state index contributed by atoms with van der Waals surface area (Å²) in [5.74, 6) is -0.137. The molecule has 6 heteroatoms. The molecule has 1 aromatic heterocycles. The first-order valence-electron chi connectivity index (χ1n) is 4.19. The van der Waals surface area contributed by atoms with Crippen molar-refractivity contribution in [1.29, 1.82) is 0 Å². The van der Waals surface area contributed by atoms with Gasteiger partial charge in [0.05, 0.1) is 12.3 Å². The zero-order chi connectivity index (χ0) is 11.5. The summed E-state index contributed by atoms with van der Waals surface area (Å²) in [6, 6.07) is 2.88. The number of rotatable bonds is 3. The number of ether oxygens (including phenoxy) is 1. The number of aromatic nitrogens is 1. The molecule has 0 bridgehead atoms. The molecule has 1 rings (SSSR count). The topological polar surface area (TPSA) is 42.4 Å². The SMILES string of the molecule is Cc1ccc(OCC(F)(F)F)nc1CO. The highest BCUT2D eigenvalue weighted by molar-refractivity contribution is 5.24. The molecule has 0 spiro atoms. The van der Waals surface area contributed by atoms with E-state index in [4.69, 9.17) is 5.11 Å². The smallest absolute Gasteiger partial charge is 0.422 e. The van der Waals surface area contributed by atoms with Crippen LogP contribution in [0.15, 0.2) is 12.1 Å². The Hall–Kier alpha value is -1.30. The van der Waals surface area contributed by atoms with Crippen LogP contribution in [0.1, 0.15) is 11.3 Å². The van der Waals surface area contributed by atoms with Gasteiger partial charge in [-0.15, -0.1) is 0 Å². The van der Waals surface area contributed by atoms with Crippen LogP contribution in [-0.2, 0) is 6.61 Å². The van der Waals surface area contributed by atoms with Crippen molar-refractivity contribution in [3.8, 4) is 5.88 Å². The maximum absolute atomic E-state index is 11.8. The van der Waals surface area contributed by atoms with E-state index in [2.05, 4.69) is 9.72 Å². The lowest BCUT2D eigenvalue weighted by Gasteiger charge is -2.09. The minimum atomic E-state index is -4.38. The van der Waals surface area contributed by atoms with E-state index in [1.54, 1.807) is 13.0 Å². The predicted molar refractivity (Wildman–Crippen MR) is 46.4 cm³/mol. The van der Waals surface area contributed by atoms with Gasteiger partial charge in [-0.3, -0.25) is 0 Å². The molecule has 0 atom stereocenters. The van der Waals surface area contributed by atoms with E-state index in [1.807, 2.05) is 0 Å². The van der Waals surface area contributed by atoms with Gasteiger partial charge < -0.3 is 9.84 Å². The Kier molecular flexibility index (Phi) is 3.52. The summed E-state index contributed by atoms with van der Waals surface area (Å²) in [6.07, 6.45) is -4.38. The van der Waals surface area contributed by atoms with Crippen LogP contribution >= 0.6 is 0 Å². The van der Waals surface area contributed by atoms with Crippen LogP contribution in [0, 0.1) is 6.92 Å². The number of nitrogens with zero attached hydrogens (tertiary/aromatic N) is 1. The molecule has 0 aromatic carbocycles. The molecular formula is C9H10F3NO2. The zero-order valence-corrected chi connectivity index (χ0v) is 8.01. The standard InChI is InChI=1S/C9H10F3NO2/c1-6-2-3-8(13-7(6)4-14)15-5-9(10,11)12/h2-3,14H,4-5H2,1H3. The second-order valence-corrected chi connectivity index (χ2v) is 2.98. The second-order valence-electron chi connectivity index (χ2n) is 2.98. The van der Waals surface area contributed by atoms with Crippen LogP contribution in [0.5, 0.6) is 5.88 Å². The Labute approximate surface area is 84.5 Å². The predicted octanol–water partition coefficient (Wildman–Crippen LogP) is 1.82. The molecule has 3 nitrogen and oxygen atoms in total. The summed E-state index contributed by atoms with van der Waals surface area (Å²) in [6.45, 7) is -0.00489. The third-order valence-electron chi connectivity index (χ3n) is 1.71. The van der Waals surface area contributed by atoms with E-state index in [1.165, 1.54) is 6.07 Å². The highest BCUT2D eigenvalue weighted by Gasteiger charge is 2.28. The molecule has 0 saturated heterocycles. The van der Waals surface area contributed by atoms with Gasteiger partial charge in [0.2, 0.25) is 5.88 Å². The number of aryl methyl sites for hydroxylation is 1. The van der Waals surface area contributed by atoms with Crippen molar-refractivity contribution in [3.05, 3.63) is 23.4 Å². The second kappa shape index (κ2) is 4.48. The minimum Gasteiger partial charge on any atom is -0.468 e.